The summed E-state index contributed by atoms with van der Waals surface area (Å²) in [6.45, 7) is -0.0353. The van der Waals surface area contributed by atoms with Gasteiger partial charge in [-0.15, -0.1) is 0 Å². The minimum absolute atomic E-state index is 0.0353. The predicted molar refractivity (Wildman–Crippen MR) is 46.4 cm³/mol. The summed E-state index contributed by atoms with van der Waals surface area (Å²) in [5.74, 6) is 0. The van der Waals surface area contributed by atoms with Crippen molar-refractivity contribution in [2.75, 3.05) is 5.73 Å². The summed E-state index contributed by atoms with van der Waals surface area (Å²) < 4.78 is 0. The van der Waals surface area contributed by atoms with Crippen LogP contribution in [0.2, 0.25) is 0 Å². The molecule has 0 aliphatic heterocycles. The molecule has 0 aliphatic rings. The Balaban J connectivity index is 2.80. The predicted octanol–water partition coefficient (Wildman–Crippen LogP) is 0.637. The molecule has 4 heteroatoms. The van der Waals surface area contributed by atoms with E-state index < -0.39 is 0 Å². The van der Waals surface area contributed by atoms with Gasteiger partial charge in [0.25, 0.3) is 0 Å². The Morgan fingerprint density at radius 3 is 3.08 bits per heavy atom. The lowest BCUT2D eigenvalue weighted by molar-refractivity contribution is 0.283. The van der Waals surface area contributed by atoms with Crippen LogP contribution in [-0.4, -0.2) is 15.1 Å². The van der Waals surface area contributed by atoms with Crippen molar-refractivity contribution in [3.8, 4) is 0 Å². The molecule has 62 valence electrons. The van der Waals surface area contributed by atoms with Crippen LogP contribution >= 0.6 is 0 Å². The van der Waals surface area contributed by atoms with Crippen LogP contribution in [0.4, 0.5) is 5.69 Å². The molecule has 4 N–H and O–H groups in total. The number of nitrogens with one attached hydrogen (secondary N) is 1. The van der Waals surface area contributed by atoms with Crippen molar-refractivity contribution >= 4 is 16.7 Å². The number of nitrogens with zero attached hydrogens (tertiary/aromatic N) is 1. The average molecular weight is 163 g/mol. The zero-order chi connectivity index (χ0) is 8.55. The van der Waals surface area contributed by atoms with Crippen LogP contribution in [0.3, 0.4) is 0 Å². The van der Waals surface area contributed by atoms with Gasteiger partial charge in [0.2, 0.25) is 0 Å². The zero-order valence-electron chi connectivity index (χ0n) is 6.41. The molecule has 0 bridgehead atoms. The molecule has 4 nitrogen and oxygen atoms in total. The molecule has 0 amide bonds. The number of H-pyrrole nitrogens is 1. The van der Waals surface area contributed by atoms with Gasteiger partial charge in [0.05, 0.1) is 24.0 Å². The Morgan fingerprint density at radius 1 is 1.50 bits per heavy atom. The molecule has 2 rings (SSSR count). The van der Waals surface area contributed by atoms with Crippen molar-refractivity contribution in [3.05, 3.63) is 24.0 Å². The summed E-state index contributed by atoms with van der Waals surface area (Å²) in [4.78, 5) is 6.99. The van der Waals surface area contributed by atoms with E-state index in [-0.39, 0.29) is 6.61 Å². The van der Waals surface area contributed by atoms with Gasteiger partial charge in [-0.05, 0) is 12.1 Å². The summed E-state index contributed by atoms with van der Waals surface area (Å²) in [7, 11) is 0. The van der Waals surface area contributed by atoms with Crippen LogP contribution in [-0.2, 0) is 6.61 Å². The van der Waals surface area contributed by atoms with Gasteiger partial charge in [-0.1, -0.05) is 0 Å². The molecule has 0 aliphatic carbocycles. The van der Waals surface area contributed by atoms with Gasteiger partial charge < -0.3 is 15.8 Å². The number of hydrogen-bond donors (Lipinski definition) is 3. The van der Waals surface area contributed by atoms with Crippen molar-refractivity contribution in [2.24, 2.45) is 0 Å². The highest BCUT2D eigenvalue weighted by molar-refractivity contribution is 5.81. The van der Waals surface area contributed by atoms with Crippen LogP contribution in [0.15, 0.2) is 18.5 Å². The average Bonchev–Trinajstić information content (AvgIpc) is 2.50. The summed E-state index contributed by atoms with van der Waals surface area (Å²) in [5.41, 5.74) is 8.64. The lowest BCUT2D eigenvalue weighted by Crippen LogP contribution is -1.90. The summed E-state index contributed by atoms with van der Waals surface area (Å²) in [5, 5.41) is 8.97. The molecule has 2 aromatic rings. The Labute approximate surface area is 69.0 Å². The van der Waals surface area contributed by atoms with Crippen LogP contribution in [0.1, 0.15) is 5.56 Å². The molecule has 0 unspecified atom stereocenters. The maximum Gasteiger partial charge on any atom is 0.0939 e. The Hall–Kier alpha value is -1.55. The molecular formula is C8H9N3O. The van der Waals surface area contributed by atoms with E-state index in [1.54, 1.807) is 18.5 Å². The van der Waals surface area contributed by atoms with E-state index in [4.69, 9.17) is 10.8 Å². The topological polar surface area (TPSA) is 74.9 Å². The fraction of sp³-hybridized carbons (Fsp3) is 0.125. The first-order valence-corrected chi connectivity index (χ1v) is 3.63. The highest BCUT2D eigenvalue weighted by Gasteiger charge is 2.03. The summed E-state index contributed by atoms with van der Waals surface area (Å²) in [6, 6.07) is 3.52. The molecule has 0 fully saturated rings. The van der Waals surface area contributed by atoms with Crippen LogP contribution in [0, 0.1) is 0 Å². The first kappa shape index (κ1) is 7.12. The van der Waals surface area contributed by atoms with E-state index in [1.165, 1.54) is 0 Å². The molecule has 0 spiro atoms. The van der Waals surface area contributed by atoms with Gasteiger partial charge in [0.1, 0.15) is 0 Å². The number of anilines is 1. The van der Waals surface area contributed by atoms with Crippen LogP contribution in [0.25, 0.3) is 11.0 Å². The number of rotatable bonds is 1. The fourth-order valence-electron chi connectivity index (χ4n) is 1.27. The highest BCUT2D eigenvalue weighted by Crippen LogP contribution is 2.18. The number of nitrogens with two attached hydrogens (primary N) is 1. The lowest BCUT2D eigenvalue weighted by Gasteiger charge is -1.99. The molecule has 1 aromatic heterocycles. The van der Waals surface area contributed by atoms with Crippen molar-refractivity contribution in [3.63, 3.8) is 0 Å². The van der Waals surface area contributed by atoms with Crippen LogP contribution in [0.5, 0.6) is 0 Å². The smallest absolute Gasteiger partial charge is 0.0939 e. The maximum atomic E-state index is 8.97. The van der Waals surface area contributed by atoms with E-state index in [0.717, 1.165) is 16.6 Å². The van der Waals surface area contributed by atoms with E-state index in [1.807, 2.05) is 0 Å². The first-order valence-electron chi connectivity index (χ1n) is 3.63. The number of imidazole rings is 1. The number of nitrogen functional groups attached to an aromatic ring is 1. The SMILES string of the molecule is Nc1cc(CO)c2nc[nH]c2c1. The van der Waals surface area contributed by atoms with Gasteiger partial charge >= 0.3 is 0 Å². The number of aromatic amines is 1. The van der Waals surface area contributed by atoms with Gasteiger partial charge in [-0.2, -0.15) is 0 Å². The number of aliphatic hydroxyl groups excluding tert-OH is 1. The van der Waals surface area contributed by atoms with Crippen molar-refractivity contribution in [2.45, 2.75) is 6.61 Å². The molecular weight excluding hydrogens is 154 g/mol. The minimum atomic E-state index is -0.0353. The second kappa shape index (κ2) is 2.49. The van der Waals surface area contributed by atoms with Crippen molar-refractivity contribution in [1.29, 1.82) is 0 Å². The van der Waals surface area contributed by atoms with Gasteiger partial charge in [0, 0.05) is 11.3 Å². The largest absolute Gasteiger partial charge is 0.399 e. The number of aromatic nitrogens is 2. The van der Waals surface area contributed by atoms with Gasteiger partial charge in [-0.25, -0.2) is 4.98 Å². The number of aliphatic hydroxyl groups is 1. The highest BCUT2D eigenvalue weighted by atomic mass is 16.3. The maximum absolute atomic E-state index is 8.97. The van der Waals surface area contributed by atoms with E-state index in [0.29, 0.717) is 5.69 Å². The van der Waals surface area contributed by atoms with Gasteiger partial charge in [0.15, 0.2) is 0 Å². The van der Waals surface area contributed by atoms with Gasteiger partial charge in [-0.3, -0.25) is 0 Å². The van der Waals surface area contributed by atoms with Crippen molar-refractivity contribution in [1.82, 2.24) is 9.97 Å². The summed E-state index contributed by atoms with van der Waals surface area (Å²) in [6.07, 6.45) is 1.59. The molecule has 0 atom stereocenters. The molecule has 0 saturated carbocycles. The second-order valence-electron chi connectivity index (χ2n) is 2.64. The third kappa shape index (κ3) is 0.931. The van der Waals surface area contributed by atoms with E-state index >= 15 is 0 Å². The third-order valence-corrected chi connectivity index (χ3v) is 1.80. The Morgan fingerprint density at radius 2 is 2.33 bits per heavy atom. The molecule has 0 saturated heterocycles. The van der Waals surface area contributed by atoms with Crippen LogP contribution < -0.4 is 5.73 Å². The molecule has 1 heterocycles. The lowest BCUT2D eigenvalue weighted by atomic mass is 10.2. The molecule has 12 heavy (non-hydrogen) atoms. The Kier molecular flexibility index (Phi) is 1.48. The standard InChI is InChI=1S/C8H9N3O/c9-6-1-5(3-12)8-7(2-6)10-4-11-8/h1-2,4,12H,3,9H2,(H,10,11). The normalized spacial score (nSPS) is 10.8. The quantitative estimate of drug-likeness (QED) is 0.540. The van der Waals surface area contributed by atoms with E-state index in [2.05, 4.69) is 9.97 Å². The third-order valence-electron chi connectivity index (χ3n) is 1.80. The monoisotopic (exact) mass is 163 g/mol. The molecule has 0 radical (unpaired) electrons. The van der Waals surface area contributed by atoms with Crippen molar-refractivity contribution < 1.29 is 5.11 Å². The number of fused-ring (bicyclic) bond motifs is 1. The number of benzene rings is 1. The summed E-state index contributed by atoms with van der Waals surface area (Å²) >= 11 is 0. The zero-order valence-corrected chi connectivity index (χ0v) is 6.41. The minimum Gasteiger partial charge on any atom is -0.399 e. The fourth-order valence-corrected chi connectivity index (χ4v) is 1.27. The Bertz CT molecular complexity index is 408. The molecule has 1 aromatic carbocycles. The van der Waals surface area contributed by atoms with E-state index in [9.17, 15) is 0 Å². The number of hydrogen-bond acceptors (Lipinski definition) is 3. The first-order chi connectivity index (χ1) is 5.81. The second-order valence-corrected chi connectivity index (χ2v) is 2.64.